The number of hydrogen-bond acceptors (Lipinski definition) is 6. The largest absolute Gasteiger partial charge is 0.465 e. The molecule has 0 fully saturated rings. The molecule has 0 N–H and O–H groups in total. The number of rotatable bonds is 4. The van der Waals surface area contributed by atoms with Crippen molar-refractivity contribution < 1.29 is 4.74 Å². The first-order valence-corrected chi connectivity index (χ1v) is 7.99. The summed E-state index contributed by atoms with van der Waals surface area (Å²) in [6.45, 7) is 2.26. The lowest BCUT2D eigenvalue weighted by Gasteiger charge is -2.11. The first-order chi connectivity index (χ1) is 10.6. The van der Waals surface area contributed by atoms with Crippen LogP contribution in [0.5, 0.6) is 5.19 Å². The second-order valence-corrected chi connectivity index (χ2v) is 6.96. The molecule has 114 valence electrons. The minimum absolute atomic E-state index is 0.297. The van der Waals surface area contributed by atoms with Gasteiger partial charge in [0.2, 0.25) is 0 Å². The van der Waals surface area contributed by atoms with Crippen molar-refractivity contribution in [1.29, 1.82) is 0 Å². The summed E-state index contributed by atoms with van der Waals surface area (Å²) < 4.78 is 9.06. The summed E-state index contributed by atoms with van der Waals surface area (Å²) in [5, 5.41) is 8.19. The van der Waals surface area contributed by atoms with E-state index in [0.29, 0.717) is 17.5 Å². The Labute approximate surface area is 138 Å². The maximum atomic E-state index is 12.1. The Kier molecular flexibility index (Phi) is 4.08. The van der Waals surface area contributed by atoms with Crippen molar-refractivity contribution in [2.24, 2.45) is 7.05 Å². The topological polar surface area (TPSA) is 74.8 Å². The van der Waals surface area contributed by atoms with Crippen LogP contribution in [0.1, 0.15) is 11.1 Å². The Bertz CT molecular complexity index is 869. The number of benzene rings is 1. The molecule has 2 heterocycles. The van der Waals surface area contributed by atoms with E-state index in [1.165, 1.54) is 20.7 Å². The highest BCUT2D eigenvalue weighted by Crippen LogP contribution is 2.27. The van der Waals surface area contributed by atoms with Crippen LogP contribution in [-0.4, -0.2) is 24.8 Å². The summed E-state index contributed by atoms with van der Waals surface area (Å²) in [6, 6.07) is 5.65. The Balaban J connectivity index is 1.96. The van der Waals surface area contributed by atoms with Gasteiger partial charge in [-0.15, -0.1) is 0 Å². The molecule has 0 bridgehead atoms. The number of aromatic nitrogens is 5. The minimum atomic E-state index is -0.302. The molecule has 0 spiro atoms. The van der Waals surface area contributed by atoms with E-state index in [9.17, 15) is 4.79 Å². The highest BCUT2D eigenvalue weighted by molar-refractivity contribution is 9.11. The van der Waals surface area contributed by atoms with Crippen LogP contribution in [0, 0.1) is 6.92 Å². The molecule has 7 nitrogen and oxygen atoms in total. The van der Waals surface area contributed by atoms with E-state index in [1.807, 2.05) is 25.1 Å². The molecule has 0 unspecified atom stereocenters. The van der Waals surface area contributed by atoms with Crippen molar-refractivity contribution in [3.63, 3.8) is 0 Å². The van der Waals surface area contributed by atoms with Crippen LogP contribution in [0.25, 0.3) is 5.69 Å². The van der Waals surface area contributed by atoms with Gasteiger partial charge in [0.15, 0.2) is 0 Å². The van der Waals surface area contributed by atoms with Gasteiger partial charge in [0, 0.05) is 12.6 Å². The normalized spacial score (nSPS) is 10.9. The third-order valence-corrected chi connectivity index (χ3v) is 4.52. The molecule has 0 saturated carbocycles. The molecule has 1 aromatic carbocycles. The third kappa shape index (κ3) is 2.81. The molecule has 3 aromatic rings. The van der Waals surface area contributed by atoms with E-state index in [2.05, 4.69) is 31.3 Å². The molecular weight excluding hydrogens is 370 g/mol. The maximum Gasteiger partial charge on any atom is 0.368 e. The first-order valence-electron chi connectivity index (χ1n) is 6.38. The fourth-order valence-corrected chi connectivity index (χ4v) is 2.99. The van der Waals surface area contributed by atoms with Crippen molar-refractivity contribution in [3.05, 3.63) is 49.8 Å². The number of aryl methyl sites for hydroxylation is 2. The van der Waals surface area contributed by atoms with E-state index in [-0.39, 0.29) is 5.69 Å². The van der Waals surface area contributed by atoms with Gasteiger partial charge in [0.1, 0.15) is 6.61 Å². The lowest BCUT2D eigenvalue weighted by atomic mass is 10.1. The number of tetrazole rings is 1. The van der Waals surface area contributed by atoms with Crippen LogP contribution in [0.2, 0.25) is 0 Å². The van der Waals surface area contributed by atoms with Crippen molar-refractivity contribution in [3.8, 4) is 10.9 Å². The van der Waals surface area contributed by atoms with Crippen LogP contribution in [0.3, 0.4) is 0 Å². The van der Waals surface area contributed by atoms with Gasteiger partial charge in [-0.1, -0.05) is 23.5 Å². The number of hydrogen-bond donors (Lipinski definition) is 0. The van der Waals surface area contributed by atoms with Crippen LogP contribution >= 0.6 is 27.3 Å². The molecule has 0 saturated heterocycles. The number of thiazole rings is 1. The van der Waals surface area contributed by atoms with E-state index in [4.69, 9.17) is 4.74 Å². The zero-order chi connectivity index (χ0) is 15.7. The zero-order valence-electron chi connectivity index (χ0n) is 11.9. The summed E-state index contributed by atoms with van der Waals surface area (Å²) >= 11 is 4.75. The van der Waals surface area contributed by atoms with Crippen molar-refractivity contribution in [2.45, 2.75) is 13.5 Å². The Morgan fingerprint density at radius 3 is 2.82 bits per heavy atom. The van der Waals surface area contributed by atoms with Crippen molar-refractivity contribution in [1.82, 2.24) is 24.8 Å². The fraction of sp³-hybridized carbons (Fsp3) is 0.231. The van der Waals surface area contributed by atoms with Gasteiger partial charge in [0.05, 0.1) is 15.7 Å². The highest BCUT2D eigenvalue weighted by atomic mass is 79.9. The van der Waals surface area contributed by atoms with Crippen LogP contribution in [0.4, 0.5) is 0 Å². The van der Waals surface area contributed by atoms with Gasteiger partial charge in [-0.25, -0.2) is 9.78 Å². The molecule has 2 aromatic heterocycles. The summed E-state index contributed by atoms with van der Waals surface area (Å²) in [5.74, 6) is 0. The molecule has 9 heteroatoms. The van der Waals surface area contributed by atoms with Crippen molar-refractivity contribution in [2.75, 3.05) is 0 Å². The Morgan fingerprint density at radius 1 is 1.36 bits per heavy atom. The van der Waals surface area contributed by atoms with Gasteiger partial charge in [0.25, 0.3) is 5.19 Å². The smallest absolute Gasteiger partial charge is 0.368 e. The van der Waals surface area contributed by atoms with E-state index >= 15 is 0 Å². The Hall–Kier alpha value is -2.00. The molecule has 3 rings (SSSR count). The van der Waals surface area contributed by atoms with Gasteiger partial charge in [-0.3, -0.25) is 0 Å². The van der Waals surface area contributed by atoms with Gasteiger partial charge in [-0.2, -0.15) is 9.36 Å². The highest BCUT2D eigenvalue weighted by Gasteiger charge is 2.14. The number of halogens is 1. The fourth-order valence-electron chi connectivity index (χ4n) is 1.98. The molecular formula is C13H12BrN5O2S. The summed E-state index contributed by atoms with van der Waals surface area (Å²) in [4.78, 5) is 16.2. The van der Waals surface area contributed by atoms with Gasteiger partial charge in [-0.05, 0) is 44.9 Å². The first kappa shape index (κ1) is 14.9. The Morgan fingerprint density at radius 2 is 2.18 bits per heavy atom. The van der Waals surface area contributed by atoms with Crippen LogP contribution < -0.4 is 10.4 Å². The molecule has 0 aliphatic heterocycles. The average Bonchev–Trinajstić information content (AvgIpc) is 3.05. The lowest BCUT2D eigenvalue weighted by molar-refractivity contribution is 0.303. The summed E-state index contributed by atoms with van der Waals surface area (Å²) in [5.41, 5.74) is 2.24. The molecule has 0 aliphatic rings. The van der Waals surface area contributed by atoms with E-state index < -0.39 is 0 Å². The molecule has 0 amide bonds. The van der Waals surface area contributed by atoms with E-state index in [1.54, 1.807) is 13.2 Å². The second kappa shape index (κ2) is 6.01. The van der Waals surface area contributed by atoms with E-state index in [0.717, 1.165) is 14.9 Å². The summed E-state index contributed by atoms with van der Waals surface area (Å²) in [7, 11) is 1.56. The minimum Gasteiger partial charge on any atom is -0.465 e. The number of ether oxygens (including phenoxy) is 1. The lowest BCUT2D eigenvalue weighted by Crippen LogP contribution is -2.23. The molecule has 0 atom stereocenters. The zero-order valence-corrected chi connectivity index (χ0v) is 14.3. The van der Waals surface area contributed by atoms with Crippen molar-refractivity contribution >= 4 is 27.3 Å². The van der Waals surface area contributed by atoms with Crippen LogP contribution in [0.15, 0.2) is 33.0 Å². The molecule has 0 aliphatic carbocycles. The van der Waals surface area contributed by atoms with Gasteiger partial charge < -0.3 is 4.74 Å². The monoisotopic (exact) mass is 381 g/mol. The third-order valence-electron chi connectivity index (χ3n) is 3.13. The predicted molar refractivity (Wildman–Crippen MR) is 85.5 cm³/mol. The number of nitrogens with zero attached hydrogens (tertiary/aromatic N) is 5. The summed E-state index contributed by atoms with van der Waals surface area (Å²) in [6.07, 6.45) is 1.69. The SMILES string of the molecule is Cc1cccc(-n2nnn(C)c2=O)c1COc1ncc(Br)s1. The standard InChI is InChI=1S/C13H12BrN5O2S/c1-8-4-3-5-10(19-13(20)18(2)16-17-19)9(8)7-21-12-15-6-11(14)22-12/h3-6H,7H2,1-2H3. The quantitative estimate of drug-likeness (QED) is 0.691. The maximum absolute atomic E-state index is 12.1. The molecule has 22 heavy (non-hydrogen) atoms. The molecule has 0 radical (unpaired) electrons. The second-order valence-electron chi connectivity index (χ2n) is 4.59. The van der Waals surface area contributed by atoms with Crippen LogP contribution in [-0.2, 0) is 13.7 Å². The average molecular weight is 382 g/mol. The predicted octanol–water partition coefficient (Wildman–Crippen LogP) is 2.07. The van der Waals surface area contributed by atoms with Gasteiger partial charge >= 0.3 is 5.69 Å².